The highest BCUT2D eigenvalue weighted by molar-refractivity contribution is 7.92. The Morgan fingerprint density at radius 2 is 1.93 bits per heavy atom. The predicted octanol–water partition coefficient (Wildman–Crippen LogP) is 2.49. The van der Waals surface area contributed by atoms with Crippen molar-refractivity contribution in [3.63, 3.8) is 0 Å². The number of amides is 1. The number of primary amides is 1. The van der Waals surface area contributed by atoms with Crippen LogP contribution in [0, 0.1) is 0 Å². The molecule has 0 saturated carbocycles. The van der Waals surface area contributed by atoms with Crippen LogP contribution in [-0.2, 0) is 20.0 Å². The summed E-state index contributed by atoms with van der Waals surface area (Å²) in [6.45, 7) is 1.48. The van der Waals surface area contributed by atoms with Gasteiger partial charge in [-0.05, 0) is 30.2 Å². The van der Waals surface area contributed by atoms with Crippen LogP contribution in [0.3, 0.4) is 0 Å². The molecule has 1 amide bonds. The molecular formula is C17H16ClN3O6S2. The molecule has 1 unspecified atom stereocenters. The number of aromatic amines is 1. The summed E-state index contributed by atoms with van der Waals surface area (Å²) in [6, 6.07) is 4.76. The van der Waals surface area contributed by atoms with E-state index in [2.05, 4.69) is 9.97 Å². The molecule has 3 aromatic rings. The lowest BCUT2D eigenvalue weighted by molar-refractivity contribution is 0.1000. The summed E-state index contributed by atoms with van der Waals surface area (Å²) < 4.78 is 60.2. The fraction of sp³-hybridized carbons (Fsp3) is 0.176. The molecule has 0 spiro atoms. The monoisotopic (exact) mass is 457 g/mol. The number of aromatic nitrogens is 2. The SMILES string of the molecule is CCC(c1ccc(C(N)=O)cc1S(=O)(=O)c1c[nH]c2ncc(Cl)cc12)S(=O)(=O)O. The van der Waals surface area contributed by atoms with Gasteiger partial charge < -0.3 is 10.7 Å². The van der Waals surface area contributed by atoms with Crippen LogP contribution in [0.1, 0.15) is 34.5 Å². The van der Waals surface area contributed by atoms with E-state index >= 15 is 0 Å². The zero-order valence-electron chi connectivity index (χ0n) is 15.0. The Morgan fingerprint density at radius 3 is 2.52 bits per heavy atom. The van der Waals surface area contributed by atoms with Crippen molar-refractivity contribution in [1.29, 1.82) is 0 Å². The molecule has 3 rings (SSSR count). The van der Waals surface area contributed by atoms with Crippen molar-refractivity contribution in [2.45, 2.75) is 28.4 Å². The van der Waals surface area contributed by atoms with Crippen LogP contribution in [0.5, 0.6) is 0 Å². The van der Waals surface area contributed by atoms with E-state index in [-0.39, 0.29) is 38.5 Å². The number of nitrogens with two attached hydrogens (primary N) is 1. The van der Waals surface area contributed by atoms with Gasteiger partial charge in [0, 0.05) is 23.3 Å². The Balaban J connectivity index is 2.36. The number of rotatable bonds is 6. The number of fused-ring (bicyclic) bond motifs is 1. The highest BCUT2D eigenvalue weighted by Gasteiger charge is 2.33. The minimum Gasteiger partial charge on any atom is -0.366 e. The standard InChI is InChI=1S/C17H16ClN3O6S2/c1-2-13(29(25,26)27)11-4-3-9(16(19)22)5-14(11)28(23,24)15-8-21-17-12(15)6-10(18)7-20-17/h3-8,13H,2H2,1H3,(H2,19,22)(H,20,21)(H,25,26,27). The predicted molar refractivity (Wildman–Crippen MR) is 106 cm³/mol. The summed E-state index contributed by atoms with van der Waals surface area (Å²) in [5.41, 5.74) is 5.21. The highest BCUT2D eigenvalue weighted by Crippen LogP contribution is 2.36. The third-order valence-electron chi connectivity index (χ3n) is 4.41. The number of carbonyl (C=O) groups excluding carboxylic acids is 1. The molecular weight excluding hydrogens is 442 g/mol. The topological polar surface area (TPSA) is 160 Å². The van der Waals surface area contributed by atoms with E-state index in [1.54, 1.807) is 0 Å². The largest absolute Gasteiger partial charge is 0.366 e. The van der Waals surface area contributed by atoms with Crippen molar-refractivity contribution in [3.8, 4) is 0 Å². The van der Waals surface area contributed by atoms with Crippen molar-refractivity contribution in [3.05, 3.63) is 52.8 Å². The molecule has 0 radical (unpaired) electrons. The number of nitrogens with one attached hydrogen (secondary N) is 1. The summed E-state index contributed by atoms with van der Waals surface area (Å²) in [5, 5.41) is -1.13. The maximum atomic E-state index is 13.4. The number of hydrogen-bond donors (Lipinski definition) is 3. The van der Waals surface area contributed by atoms with E-state index in [1.807, 2.05) is 0 Å². The lowest BCUT2D eigenvalue weighted by atomic mass is 10.1. The molecule has 0 bridgehead atoms. The Bertz CT molecular complexity index is 1330. The Hall–Kier alpha value is -2.47. The van der Waals surface area contributed by atoms with Crippen molar-refractivity contribution in [2.75, 3.05) is 0 Å². The van der Waals surface area contributed by atoms with Crippen molar-refractivity contribution in [1.82, 2.24) is 9.97 Å². The number of halogens is 1. The molecule has 9 nitrogen and oxygen atoms in total. The fourth-order valence-corrected chi connectivity index (χ4v) is 5.95. The van der Waals surface area contributed by atoms with Crippen LogP contribution in [0.2, 0.25) is 5.02 Å². The molecule has 0 aliphatic heterocycles. The summed E-state index contributed by atoms with van der Waals surface area (Å²) >= 11 is 5.93. The zero-order chi connectivity index (χ0) is 21.6. The third kappa shape index (κ3) is 3.86. The number of pyridine rings is 1. The summed E-state index contributed by atoms with van der Waals surface area (Å²) in [4.78, 5) is 17.6. The fourth-order valence-electron chi connectivity index (χ4n) is 3.07. The van der Waals surface area contributed by atoms with Gasteiger partial charge in [-0.1, -0.05) is 24.6 Å². The van der Waals surface area contributed by atoms with Gasteiger partial charge in [0.05, 0.1) is 14.8 Å². The lowest BCUT2D eigenvalue weighted by Crippen LogP contribution is -2.18. The first-order chi connectivity index (χ1) is 13.5. The lowest BCUT2D eigenvalue weighted by Gasteiger charge is -2.17. The van der Waals surface area contributed by atoms with Crippen LogP contribution in [0.15, 0.2) is 46.5 Å². The zero-order valence-corrected chi connectivity index (χ0v) is 17.3. The molecule has 12 heteroatoms. The second-order valence-electron chi connectivity index (χ2n) is 6.23. The maximum Gasteiger partial charge on any atom is 0.272 e. The quantitative estimate of drug-likeness (QED) is 0.479. The first-order valence-electron chi connectivity index (χ1n) is 8.24. The van der Waals surface area contributed by atoms with Crippen LogP contribution >= 0.6 is 11.6 Å². The van der Waals surface area contributed by atoms with Gasteiger partial charge in [0.15, 0.2) is 0 Å². The average Bonchev–Trinajstić information content (AvgIpc) is 3.04. The second-order valence-corrected chi connectivity index (χ2v) is 10.2. The summed E-state index contributed by atoms with van der Waals surface area (Å²) in [7, 11) is -8.98. The van der Waals surface area contributed by atoms with E-state index in [0.29, 0.717) is 0 Å². The molecule has 1 atom stereocenters. The molecule has 1 aromatic carbocycles. The average molecular weight is 458 g/mol. The molecule has 154 valence electrons. The molecule has 0 saturated heterocycles. The van der Waals surface area contributed by atoms with Crippen molar-refractivity contribution >= 4 is 48.5 Å². The van der Waals surface area contributed by atoms with Crippen molar-refractivity contribution < 1.29 is 26.2 Å². The van der Waals surface area contributed by atoms with E-state index in [9.17, 15) is 26.2 Å². The smallest absolute Gasteiger partial charge is 0.272 e. The number of H-pyrrole nitrogens is 1. The van der Waals surface area contributed by atoms with Crippen LogP contribution < -0.4 is 5.73 Å². The van der Waals surface area contributed by atoms with Crippen molar-refractivity contribution in [2.24, 2.45) is 5.73 Å². The first kappa shape index (κ1) is 21.2. The second kappa shape index (κ2) is 7.41. The van der Waals surface area contributed by atoms with E-state index < -0.39 is 36.0 Å². The minimum atomic E-state index is -4.62. The van der Waals surface area contributed by atoms with Crippen LogP contribution in [-0.4, -0.2) is 37.3 Å². The van der Waals surface area contributed by atoms with Gasteiger partial charge in [0.2, 0.25) is 15.7 Å². The van der Waals surface area contributed by atoms with Gasteiger partial charge in [0.25, 0.3) is 10.1 Å². The van der Waals surface area contributed by atoms with E-state index in [0.717, 1.165) is 12.1 Å². The van der Waals surface area contributed by atoms with Gasteiger partial charge in [-0.3, -0.25) is 9.35 Å². The van der Waals surface area contributed by atoms with Gasteiger partial charge in [-0.2, -0.15) is 8.42 Å². The molecule has 2 aromatic heterocycles. The summed E-state index contributed by atoms with van der Waals surface area (Å²) in [6.07, 6.45) is 2.43. The van der Waals surface area contributed by atoms with Crippen LogP contribution in [0.4, 0.5) is 0 Å². The molecule has 4 N–H and O–H groups in total. The van der Waals surface area contributed by atoms with E-state index in [4.69, 9.17) is 17.3 Å². The number of carbonyl (C=O) groups is 1. The number of hydrogen-bond acceptors (Lipinski definition) is 6. The molecule has 0 fully saturated rings. The van der Waals surface area contributed by atoms with Gasteiger partial charge in [0.1, 0.15) is 10.9 Å². The molecule has 0 aliphatic carbocycles. The van der Waals surface area contributed by atoms with Gasteiger partial charge >= 0.3 is 0 Å². The van der Waals surface area contributed by atoms with Gasteiger partial charge in [-0.25, -0.2) is 13.4 Å². The highest BCUT2D eigenvalue weighted by atomic mass is 35.5. The first-order valence-corrected chi connectivity index (χ1v) is 11.6. The van der Waals surface area contributed by atoms with Crippen LogP contribution in [0.25, 0.3) is 11.0 Å². The molecule has 29 heavy (non-hydrogen) atoms. The molecule has 2 heterocycles. The van der Waals surface area contributed by atoms with Gasteiger partial charge in [-0.15, -0.1) is 0 Å². The Morgan fingerprint density at radius 1 is 1.24 bits per heavy atom. The number of benzene rings is 1. The maximum absolute atomic E-state index is 13.4. The minimum absolute atomic E-state index is 0.0987. The third-order valence-corrected chi connectivity index (χ3v) is 7.78. The summed E-state index contributed by atoms with van der Waals surface area (Å²) in [5.74, 6) is -0.892. The number of nitrogens with zero attached hydrogens (tertiary/aromatic N) is 1. The Labute approximate surface area is 171 Å². The Kier molecular flexibility index (Phi) is 5.43. The number of sulfone groups is 1. The normalized spacial score (nSPS) is 13.5. The van der Waals surface area contributed by atoms with E-state index in [1.165, 1.54) is 31.5 Å². The molecule has 0 aliphatic rings.